The monoisotopic (exact) mass is 493 g/mol. The van der Waals surface area contributed by atoms with Crippen LogP contribution in [0.4, 0.5) is 5.82 Å². The molecule has 5 aromatic heterocycles. The summed E-state index contributed by atoms with van der Waals surface area (Å²) < 4.78 is 0. The van der Waals surface area contributed by atoms with E-state index in [9.17, 15) is 0 Å². The van der Waals surface area contributed by atoms with Crippen molar-refractivity contribution in [2.45, 2.75) is 45.1 Å². The molecule has 5 aromatic rings. The normalized spacial score (nSPS) is 17.1. The summed E-state index contributed by atoms with van der Waals surface area (Å²) in [6.07, 6.45) is 13.3. The van der Waals surface area contributed by atoms with Gasteiger partial charge in [-0.2, -0.15) is 5.10 Å². The van der Waals surface area contributed by atoms with Gasteiger partial charge in [-0.15, -0.1) is 0 Å². The molecule has 7 rings (SSSR count). The van der Waals surface area contributed by atoms with Crippen molar-refractivity contribution in [2.24, 2.45) is 0 Å². The van der Waals surface area contributed by atoms with Gasteiger partial charge in [0, 0.05) is 43.8 Å². The molecule has 0 unspecified atom stereocenters. The SMILES string of the molecule is c1cc2[nH]c(-c3n[nH]c4ccc(-c5cncc(CN6CCCCC6)c5)nc34)nc2c(N2CCCCC2)n1. The second-order valence-corrected chi connectivity index (χ2v) is 10.2. The van der Waals surface area contributed by atoms with E-state index in [0.717, 1.165) is 64.5 Å². The Hall–Kier alpha value is -3.85. The number of hydrogen-bond acceptors (Lipinski definition) is 7. The van der Waals surface area contributed by atoms with Crippen LogP contribution in [0.15, 0.2) is 42.9 Å². The van der Waals surface area contributed by atoms with Gasteiger partial charge < -0.3 is 9.88 Å². The van der Waals surface area contributed by atoms with Crippen molar-refractivity contribution < 1.29 is 0 Å². The summed E-state index contributed by atoms with van der Waals surface area (Å²) in [7, 11) is 0. The molecule has 0 spiro atoms. The number of H-pyrrole nitrogens is 2. The first-order chi connectivity index (χ1) is 18.3. The van der Waals surface area contributed by atoms with E-state index in [0.29, 0.717) is 5.82 Å². The van der Waals surface area contributed by atoms with E-state index in [4.69, 9.17) is 9.97 Å². The Morgan fingerprint density at radius 3 is 2.51 bits per heavy atom. The number of pyridine rings is 3. The summed E-state index contributed by atoms with van der Waals surface area (Å²) in [5, 5.41) is 7.73. The fourth-order valence-electron chi connectivity index (χ4n) is 5.69. The average Bonchev–Trinajstić information content (AvgIpc) is 3.58. The Labute approximate surface area is 215 Å². The first kappa shape index (κ1) is 22.4. The lowest BCUT2D eigenvalue weighted by Gasteiger charge is -2.27. The van der Waals surface area contributed by atoms with Gasteiger partial charge in [0.1, 0.15) is 11.0 Å². The molecule has 2 saturated heterocycles. The molecule has 9 heteroatoms. The van der Waals surface area contributed by atoms with E-state index in [-0.39, 0.29) is 0 Å². The van der Waals surface area contributed by atoms with Crippen molar-refractivity contribution in [3.8, 4) is 22.8 Å². The Morgan fingerprint density at radius 2 is 1.65 bits per heavy atom. The number of anilines is 1. The maximum atomic E-state index is 5.02. The topological polar surface area (TPSA) is 103 Å². The van der Waals surface area contributed by atoms with E-state index in [1.807, 2.05) is 36.8 Å². The van der Waals surface area contributed by atoms with Crippen molar-refractivity contribution in [2.75, 3.05) is 31.1 Å². The Balaban J connectivity index is 1.23. The lowest BCUT2D eigenvalue weighted by Crippen LogP contribution is -2.30. The highest BCUT2D eigenvalue weighted by Crippen LogP contribution is 2.31. The molecule has 188 valence electrons. The fourth-order valence-corrected chi connectivity index (χ4v) is 5.69. The third kappa shape index (κ3) is 4.33. The minimum Gasteiger partial charge on any atom is -0.355 e. The molecule has 7 heterocycles. The molecule has 2 aliphatic heterocycles. The zero-order valence-electron chi connectivity index (χ0n) is 21.0. The van der Waals surface area contributed by atoms with Crippen LogP contribution in [0.25, 0.3) is 44.8 Å². The number of rotatable bonds is 5. The summed E-state index contributed by atoms with van der Waals surface area (Å²) in [6, 6.07) is 8.26. The zero-order chi connectivity index (χ0) is 24.6. The first-order valence-electron chi connectivity index (χ1n) is 13.4. The molecule has 0 aromatic carbocycles. The predicted octanol–water partition coefficient (Wildman–Crippen LogP) is 4.93. The van der Waals surface area contributed by atoms with Crippen molar-refractivity contribution in [3.63, 3.8) is 0 Å². The molecule has 2 N–H and O–H groups in total. The van der Waals surface area contributed by atoms with Gasteiger partial charge >= 0.3 is 0 Å². The standard InChI is InChI=1S/C28H31N9/c1-3-11-36(12-4-1)18-19-15-20(17-29-16-19)21-7-8-23-24(31-21)26(35-34-23)27-32-22-9-10-30-28(25(22)33-27)37-13-5-2-6-14-37/h7-10,15-17H,1-6,11-14,18H2,(H,32,33)(H,34,35). The highest BCUT2D eigenvalue weighted by molar-refractivity contribution is 5.93. The van der Waals surface area contributed by atoms with Gasteiger partial charge in [-0.25, -0.2) is 15.0 Å². The smallest absolute Gasteiger partial charge is 0.161 e. The molecule has 2 aliphatic rings. The Bertz CT molecular complexity index is 1540. The molecule has 0 bridgehead atoms. The van der Waals surface area contributed by atoms with Crippen molar-refractivity contribution in [3.05, 3.63) is 48.4 Å². The number of nitrogens with one attached hydrogen (secondary N) is 2. The second kappa shape index (κ2) is 9.55. The average molecular weight is 494 g/mol. The number of nitrogens with zero attached hydrogens (tertiary/aromatic N) is 7. The molecule has 0 aliphatic carbocycles. The highest BCUT2D eigenvalue weighted by Gasteiger charge is 2.20. The first-order valence-corrected chi connectivity index (χ1v) is 13.4. The number of aromatic amines is 2. The number of imidazole rings is 1. The molecule has 0 radical (unpaired) electrons. The lowest BCUT2D eigenvalue weighted by molar-refractivity contribution is 0.220. The largest absolute Gasteiger partial charge is 0.355 e. The van der Waals surface area contributed by atoms with Crippen LogP contribution < -0.4 is 4.90 Å². The molecule has 0 amide bonds. The van der Waals surface area contributed by atoms with E-state index in [1.165, 1.54) is 57.2 Å². The Morgan fingerprint density at radius 1 is 0.811 bits per heavy atom. The summed E-state index contributed by atoms with van der Waals surface area (Å²) in [5.74, 6) is 1.65. The molecular weight excluding hydrogens is 462 g/mol. The van der Waals surface area contributed by atoms with Crippen LogP contribution >= 0.6 is 0 Å². The van der Waals surface area contributed by atoms with Crippen LogP contribution in [0.1, 0.15) is 44.1 Å². The third-order valence-electron chi connectivity index (χ3n) is 7.61. The quantitative estimate of drug-likeness (QED) is 0.358. The number of piperidine rings is 2. The van der Waals surface area contributed by atoms with Crippen LogP contribution in [-0.4, -0.2) is 66.2 Å². The van der Waals surface area contributed by atoms with E-state index < -0.39 is 0 Å². The van der Waals surface area contributed by atoms with E-state index >= 15 is 0 Å². The van der Waals surface area contributed by atoms with Gasteiger partial charge in [-0.05, 0) is 75.0 Å². The van der Waals surface area contributed by atoms with Gasteiger partial charge in [-0.3, -0.25) is 15.0 Å². The van der Waals surface area contributed by atoms with E-state index in [1.54, 1.807) is 0 Å². The summed E-state index contributed by atoms with van der Waals surface area (Å²) in [4.78, 5) is 27.5. The molecule has 0 saturated carbocycles. The van der Waals surface area contributed by atoms with Crippen LogP contribution in [0, 0.1) is 0 Å². The van der Waals surface area contributed by atoms with Gasteiger partial charge in [0.05, 0.1) is 16.7 Å². The zero-order valence-corrected chi connectivity index (χ0v) is 21.0. The van der Waals surface area contributed by atoms with Gasteiger partial charge in [0.25, 0.3) is 0 Å². The highest BCUT2D eigenvalue weighted by atomic mass is 15.2. The number of hydrogen-bond donors (Lipinski definition) is 2. The molecule has 0 atom stereocenters. The molecule has 9 nitrogen and oxygen atoms in total. The van der Waals surface area contributed by atoms with Gasteiger partial charge in [0.2, 0.25) is 0 Å². The van der Waals surface area contributed by atoms with E-state index in [2.05, 4.69) is 41.0 Å². The number of fused-ring (bicyclic) bond motifs is 2. The summed E-state index contributed by atoms with van der Waals surface area (Å²) in [6.45, 7) is 5.32. The number of likely N-dealkylation sites (tertiary alicyclic amines) is 1. The minimum atomic E-state index is 0.703. The fraction of sp³-hybridized carbons (Fsp3) is 0.393. The van der Waals surface area contributed by atoms with Crippen molar-refractivity contribution >= 4 is 27.9 Å². The Kier molecular flexibility index (Phi) is 5.77. The second-order valence-electron chi connectivity index (χ2n) is 10.2. The number of aromatic nitrogens is 7. The molecule has 37 heavy (non-hydrogen) atoms. The third-order valence-corrected chi connectivity index (χ3v) is 7.61. The van der Waals surface area contributed by atoms with Crippen molar-refractivity contribution in [1.29, 1.82) is 0 Å². The minimum absolute atomic E-state index is 0.703. The van der Waals surface area contributed by atoms with Crippen molar-refractivity contribution in [1.82, 2.24) is 40.0 Å². The lowest BCUT2D eigenvalue weighted by atomic mass is 10.1. The van der Waals surface area contributed by atoms with Gasteiger partial charge in [0.15, 0.2) is 17.3 Å². The predicted molar refractivity (Wildman–Crippen MR) is 145 cm³/mol. The summed E-state index contributed by atoms with van der Waals surface area (Å²) in [5.41, 5.74) is 7.38. The summed E-state index contributed by atoms with van der Waals surface area (Å²) >= 11 is 0. The maximum Gasteiger partial charge on any atom is 0.161 e. The molecular formula is C28H31N9. The van der Waals surface area contributed by atoms with Gasteiger partial charge in [-0.1, -0.05) is 6.42 Å². The van der Waals surface area contributed by atoms with Crippen LogP contribution in [0.3, 0.4) is 0 Å². The van der Waals surface area contributed by atoms with Crippen LogP contribution in [0.5, 0.6) is 0 Å². The van der Waals surface area contributed by atoms with Crippen LogP contribution in [-0.2, 0) is 6.54 Å². The molecule has 2 fully saturated rings. The van der Waals surface area contributed by atoms with Crippen LogP contribution in [0.2, 0.25) is 0 Å². The maximum absolute atomic E-state index is 5.02.